The van der Waals surface area contributed by atoms with Crippen LogP contribution in [0, 0.1) is 19.7 Å². The first-order valence-corrected chi connectivity index (χ1v) is 14.4. The Hall–Kier alpha value is -1.64. The maximum absolute atomic E-state index is 3.71. The summed E-state index contributed by atoms with van der Waals surface area (Å²) in [5, 5.41) is 0. The van der Waals surface area contributed by atoms with E-state index >= 15 is 0 Å². The topological polar surface area (TPSA) is 0 Å². The molecule has 0 aliphatic carbocycles. The van der Waals surface area contributed by atoms with Gasteiger partial charge < -0.3 is 0 Å². The van der Waals surface area contributed by atoms with Gasteiger partial charge in [-0.05, 0) is 0 Å². The van der Waals surface area contributed by atoms with Crippen LogP contribution in [0.25, 0.3) is 0 Å². The van der Waals surface area contributed by atoms with Crippen LogP contribution in [0.15, 0.2) is 60.7 Å². The van der Waals surface area contributed by atoms with Crippen molar-refractivity contribution in [1.82, 2.24) is 0 Å². The summed E-state index contributed by atoms with van der Waals surface area (Å²) in [6, 6.07) is 20.5. The van der Waals surface area contributed by atoms with Gasteiger partial charge in [0.15, 0.2) is 0 Å². The van der Waals surface area contributed by atoms with Crippen molar-refractivity contribution in [2.75, 3.05) is 0 Å². The number of hydrogen-bond donors (Lipinski definition) is 0. The molecule has 0 saturated heterocycles. The molecule has 0 bridgehead atoms. The fraction of sp³-hybridized carbons (Fsp3) is 0.273. The van der Waals surface area contributed by atoms with Gasteiger partial charge in [0.25, 0.3) is 0 Å². The molecular weight excluding hydrogens is 383 g/mol. The zero-order chi connectivity index (χ0) is 16.7. The average molecular weight is 407 g/mol. The number of benzene rings is 2. The Balaban J connectivity index is 2.45. The molecule has 0 atom stereocenters. The fourth-order valence-corrected chi connectivity index (χ4v) is 12.0. The van der Waals surface area contributed by atoms with E-state index in [0.717, 1.165) is 11.1 Å². The summed E-state index contributed by atoms with van der Waals surface area (Å²) >= 11 is -2.92. The third-order valence-electron chi connectivity index (χ3n) is 4.20. The first-order chi connectivity index (χ1) is 11.0. The summed E-state index contributed by atoms with van der Waals surface area (Å²) < 4.78 is 8.54. The molecule has 0 aromatic heterocycles. The minimum atomic E-state index is -2.92. The molecule has 0 saturated carbocycles. The third-order valence-corrected chi connectivity index (χ3v) is 17.7. The second-order valence-electron chi connectivity index (χ2n) is 6.41. The Morgan fingerprint density at radius 2 is 0.957 bits per heavy atom. The van der Waals surface area contributed by atoms with E-state index < -0.39 is 18.4 Å². The van der Waals surface area contributed by atoms with Crippen molar-refractivity contribution in [3.05, 3.63) is 71.8 Å². The van der Waals surface area contributed by atoms with Crippen LogP contribution in [0.5, 0.6) is 0 Å². The number of hydrogen-bond acceptors (Lipinski definition) is 0. The first kappa shape index (κ1) is 17.7. The fourth-order valence-electron chi connectivity index (χ4n) is 2.67. The van der Waals surface area contributed by atoms with Gasteiger partial charge in [-0.15, -0.1) is 0 Å². The molecule has 0 nitrogen and oxygen atoms in total. The normalized spacial score (nSPS) is 10.7. The predicted molar refractivity (Wildman–Crippen MR) is 103 cm³/mol. The maximum atomic E-state index is 3.71. The summed E-state index contributed by atoms with van der Waals surface area (Å²) in [7, 11) is 0. The van der Waals surface area contributed by atoms with Crippen LogP contribution >= 0.6 is 0 Å². The summed E-state index contributed by atoms with van der Waals surface area (Å²) in [5.74, 6) is 6.85. The second kappa shape index (κ2) is 8.28. The van der Waals surface area contributed by atoms with Crippen molar-refractivity contribution in [2.45, 2.75) is 35.6 Å². The van der Waals surface area contributed by atoms with E-state index in [9.17, 15) is 0 Å². The van der Waals surface area contributed by atoms with Crippen LogP contribution in [0.2, 0.25) is 7.87 Å². The Morgan fingerprint density at radius 3 is 1.26 bits per heavy atom. The molecule has 0 unspecified atom stereocenters. The van der Waals surface area contributed by atoms with Crippen molar-refractivity contribution in [1.29, 1.82) is 0 Å². The molecule has 0 N–H and O–H groups in total. The van der Waals surface area contributed by atoms with Crippen LogP contribution in [-0.4, -0.2) is 18.4 Å². The molecule has 0 amide bonds. The van der Waals surface area contributed by atoms with E-state index in [2.05, 4.69) is 71.7 Å². The zero-order valence-corrected chi connectivity index (χ0v) is 17.3. The molecule has 2 aromatic rings. The summed E-state index contributed by atoms with van der Waals surface area (Å²) in [4.78, 5) is 0. The summed E-state index contributed by atoms with van der Waals surface area (Å²) in [6.45, 7) is 9.20. The van der Waals surface area contributed by atoms with Crippen LogP contribution in [0.1, 0.15) is 38.8 Å². The van der Waals surface area contributed by atoms with Gasteiger partial charge in [0.05, 0.1) is 0 Å². The van der Waals surface area contributed by atoms with Gasteiger partial charge in [0, 0.05) is 0 Å². The Bertz CT molecular complexity index is 667. The van der Waals surface area contributed by atoms with Crippen molar-refractivity contribution in [2.24, 2.45) is 0 Å². The van der Waals surface area contributed by atoms with E-state index in [1.165, 1.54) is 0 Å². The van der Waals surface area contributed by atoms with E-state index in [4.69, 9.17) is 0 Å². The molecule has 116 valence electrons. The quantitative estimate of drug-likeness (QED) is 0.460. The average Bonchev–Trinajstić information content (AvgIpc) is 2.56. The van der Waals surface area contributed by atoms with Crippen molar-refractivity contribution in [3.8, 4) is 19.7 Å². The van der Waals surface area contributed by atoms with Gasteiger partial charge in [-0.2, -0.15) is 0 Å². The molecule has 2 rings (SSSR count). The Kier molecular flexibility index (Phi) is 6.37. The van der Waals surface area contributed by atoms with E-state index in [1.807, 2.05) is 36.4 Å². The van der Waals surface area contributed by atoms with E-state index in [1.54, 1.807) is 0 Å². The molecule has 0 radical (unpaired) electrons. The van der Waals surface area contributed by atoms with Gasteiger partial charge in [-0.25, -0.2) is 0 Å². The van der Waals surface area contributed by atoms with Gasteiger partial charge in [0.2, 0.25) is 0 Å². The van der Waals surface area contributed by atoms with Crippen molar-refractivity contribution in [3.63, 3.8) is 0 Å². The monoisotopic (exact) mass is 408 g/mol. The second-order valence-corrected chi connectivity index (χ2v) is 19.4. The molecule has 23 heavy (non-hydrogen) atoms. The molecule has 2 aromatic carbocycles. The van der Waals surface area contributed by atoms with Crippen LogP contribution in [0.3, 0.4) is 0 Å². The summed E-state index contributed by atoms with van der Waals surface area (Å²) in [5.41, 5.74) is 2.19. The summed E-state index contributed by atoms with van der Waals surface area (Å²) in [6.07, 6.45) is 0. The Labute approximate surface area is 145 Å². The SMILES string of the molecule is C[CH](C)[Sn]([C]#Cc1ccccc1)([C]#Cc1ccccc1)[CH](C)C. The van der Waals surface area contributed by atoms with Gasteiger partial charge in [-0.1, -0.05) is 0 Å². The van der Waals surface area contributed by atoms with Crippen LogP contribution in [0.4, 0.5) is 0 Å². The van der Waals surface area contributed by atoms with Crippen molar-refractivity contribution < 1.29 is 0 Å². The number of rotatable bonds is 2. The molecule has 1 heteroatoms. The molecule has 0 aliphatic heterocycles. The Morgan fingerprint density at radius 1 is 0.609 bits per heavy atom. The molecule has 0 spiro atoms. The van der Waals surface area contributed by atoms with E-state index in [0.29, 0.717) is 7.87 Å². The standard InChI is InChI=1S/2C8H5.2C3H7.Sn/c2*1-2-8-6-4-3-5-7-8;2*1-3-2;/h2*3-7H;2*3H,1-2H3;. The minimum absolute atomic E-state index is 0.566. The van der Waals surface area contributed by atoms with Gasteiger partial charge in [0.1, 0.15) is 0 Å². The van der Waals surface area contributed by atoms with E-state index in [-0.39, 0.29) is 0 Å². The van der Waals surface area contributed by atoms with Crippen LogP contribution in [-0.2, 0) is 0 Å². The third kappa shape index (κ3) is 4.66. The van der Waals surface area contributed by atoms with Gasteiger partial charge >= 0.3 is 145 Å². The molecular formula is C22H24Sn. The van der Waals surface area contributed by atoms with Crippen LogP contribution < -0.4 is 0 Å². The van der Waals surface area contributed by atoms with Crippen molar-refractivity contribution >= 4 is 18.4 Å². The first-order valence-electron chi connectivity index (χ1n) is 8.21. The van der Waals surface area contributed by atoms with Gasteiger partial charge in [-0.3, -0.25) is 0 Å². The molecule has 0 fully saturated rings. The zero-order valence-electron chi connectivity index (χ0n) is 14.4. The molecule has 0 heterocycles. The predicted octanol–water partition coefficient (Wildman–Crippen LogP) is 5.44. The molecule has 0 aliphatic rings.